The molecule has 0 aliphatic rings. The number of benzene rings is 2. The normalized spacial score (nSPS) is 10.3. The fourth-order valence-electron chi connectivity index (χ4n) is 3.06. The SMILES string of the molecule is CCOC(=O)c1cccc(NC(=S)NCCCN(CC)c2ccc(C)cc2)c1C. The van der Waals surface area contributed by atoms with E-state index in [-0.39, 0.29) is 5.97 Å². The van der Waals surface area contributed by atoms with E-state index in [1.165, 1.54) is 11.3 Å². The average molecular weight is 414 g/mol. The molecule has 0 aromatic heterocycles. The highest BCUT2D eigenvalue weighted by molar-refractivity contribution is 7.80. The van der Waals surface area contributed by atoms with Crippen LogP contribution in [0.4, 0.5) is 11.4 Å². The number of rotatable bonds is 9. The molecule has 0 aliphatic heterocycles. The monoisotopic (exact) mass is 413 g/mol. The van der Waals surface area contributed by atoms with Gasteiger partial charge in [0.1, 0.15) is 0 Å². The van der Waals surface area contributed by atoms with Crippen LogP contribution >= 0.6 is 12.2 Å². The smallest absolute Gasteiger partial charge is 0.338 e. The van der Waals surface area contributed by atoms with E-state index < -0.39 is 0 Å². The van der Waals surface area contributed by atoms with Crippen LogP contribution in [0.3, 0.4) is 0 Å². The van der Waals surface area contributed by atoms with Crippen LogP contribution in [0.15, 0.2) is 42.5 Å². The third-order valence-corrected chi connectivity index (χ3v) is 4.99. The van der Waals surface area contributed by atoms with Gasteiger partial charge in [0.05, 0.1) is 12.2 Å². The molecular formula is C23H31N3O2S. The van der Waals surface area contributed by atoms with Gasteiger partial charge in [-0.25, -0.2) is 4.79 Å². The number of nitrogens with zero attached hydrogens (tertiary/aromatic N) is 1. The summed E-state index contributed by atoms with van der Waals surface area (Å²) in [6, 6.07) is 14.1. The minimum absolute atomic E-state index is 0.316. The molecule has 0 aliphatic carbocycles. The van der Waals surface area contributed by atoms with E-state index in [0.717, 1.165) is 37.3 Å². The first-order valence-electron chi connectivity index (χ1n) is 10.1. The molecule has 0 bridgehead atoms. The topological polar surface area (TPSA) is 53.6 Å². The van der Waals surface area contributed by atoms with Crippen LogP contribution in [0.1, 0.15) is 41.8 Å². The molecule has 0 atom stereocenters. The van der Waals surface area contributed by atoms with Crippen molar-refractivity contribution in [2.24, 2.45) is 0 Å². The molecule has 29 heavy (non-hydrogen) atoms. The minimum Gasteiger partial charge on any atom is -0.462 e. The van der Waals surface area contributed by atoms with E-state index in [1.807, 2.05) is 19.1 Å². The highest BCUT2D eigenvalue weighted by Crippen LogP contribution is 2.20. The molecule has 2 N–H and O–H groups in total. The fourth-order valence-corrected chi connectivity index (χ4v) is 3.28. The van der Waals surface area contributed by atoms with E-state index in [0.29, 0.717) is 17.3 Å². The number of aryl methyl sites for hydroxylation is 1. The lowest BCUT2D eigenvalue weighted by atomic mass is 10.1. The molecule has 0 amide bonds. The number of carbonyl (C=O) groups is 1. The maximum Gasteiger partial charge on any atom is 0.338 e. The van der Waals surface area contributed by atoms with Crippen molar-refractivity contribution in [1.29, 1.82) is 0 Å². The number of nitrogens with one attached hydrogen (secondary N) is 2. The molecule has 0 spiro atoms. The van der Waals surface area contributed by atoms with Gasteiger partial charge < -0.3 is 20.3 Å². The van der Waals surface area contributed by atoms with Gasteiger partial charge in [-0.15, -0.1) is 0 Å². The van der Waals surface area contributed by atoms with Gasteiger partial charge in [-0.2, -0.15) is 0 Å². The quantitative estimate of drug-likeness (QED) is 0.354. The second-order valence-corrected chi connectivity index (χ2v) is 7.26. The first-order valence-corrected chi connectivity index (χ1v) is 10.5. The molecule has 0 saturated carbocycles. The maximum atomic E-state index is 12.0. The molecule has 2 aromatic carbocycles. The van der Waals surface area contributed by atoms with Crippen molar-refractivity contribution in [3.63, 3.8) is 0 Å². The predicted molar refractivity (Wildman–Crippen MR) is 125 cm³/mol. The van der Waals surface area contributed by atoms with Crippen LogP contribution in [-0.2, 0) is 4.74 Å². The molecule has 5 nitrogen and oxygen atoms in total. The Morgan fingerprint density at radius 1 is 1.10 bits per heavy atom. The van der Waals surface area contributed by atoms with Crippen LogP contribution in [0, 0.1) is 13.8 Å². The summed E-state index contributed by atoms with van der Waals surface area (Å²) < 4.78 is 5.10. The van der Waals surface area contributed by atoms with E-state index >= 15 is 0 Å². The largest absolute Gasteiger partial charge is 0.462 e. The highest BCUT2D eigenvalue weighted by atomic mass is 32.1. The number of hydrogen-bond acceptors (Lipinski definition) is 4. The Morgan fingerprint density at radius 3 is 2.48 bits per heavy atom. The first kappa shape index (κ1) is 22.7. The number of thiocarbonyl (C=S) groups is 1. The van der Waals surface area contributed by atoms with Crippen molar-refractivity contribution in [2.75, 3.05) is 36.5 Å². The van der Waals surface area contributed by atoms with Gasteiger partial charge in [-0.3, -0.25) is 0 Å². The lowest BCUT2D eigenvalue weighted by Gasteiger charge is -2.23. The number of ether oxygens (including phenoxy) is 1. The lowest BCUT2D eigenvalue weighted by Crippen LogP contribution is -2.32. The maximum absolute atomic E-state index is 12.0. The fraction of sp³-hybridized carbons (Fsp3) is 0.391. The summed E-state index contributed by atoms with van der Waals surface area (Å²) in [5, 5.41) is 6.98. The zero-order valence-corrected chi connectivity index (χ0v) is 18.6. The van der Waals surface area contributed by atoms with E-state index in [9.17, 15) is 4.79 Å². The van der Waals surface area contributed by atoms with Crippen molar-refractivity contribution in [3.8, 4) is 0 Å². The molecular weight excluding hydrogens is 382 g/mol. The van der Waals surface area contributed by atoms with E-state index in [1.54, 1.807) is 13.0 Å². The summed E-state index contributed by atoms with van der Waals surface area (Å²) in [6.45, 7) is 11.0. The van der Waals surface area contributed by atoms with E-state index in [2.05, 4.69) is 53.6 Å². The van der Waals surface area contributed by atoms with Crippen molar-refractivity contribution in [3.05, 3.63) is 59.2 Å². The molecule has 0 unspecified atom stereocenters. The van der Waals surface area contributed by atoms with Crippen molar-refractivity contribution >= 4 is 34.7 Å². The summed E-state index contributed by atoms with van der Waals surface area (Å²) in [7, 11) is 0. The van der Waals surface area contributed by atoms with Crippen LogP contribution in [-0.4, -0.2) is 37.3 Å². The number of carbonyl (C=O) groups excluding carboxylic acids is 1. The van der Waals surface area contributed by atoms with Gasteiger partial charge >= 0.3 is 5.97 Å². The first-order chi connectivity index (χ1) is 14.0. The third-order valence-electron chi connectivity index (χ3n) is 4.75. The van der Waals surface area contributed by atoms with Crippen LogP contribution in [0.25, 0.3) is 0 Å². The van der Waals surface area contributed by atoms with Gasteiger partial charge in [0.25, 0.3) is 0 Å². The predicted octanol–water partition coefficient (Wildman–Crippen LogP) is 4.68. The molecule has 0 heterocycles. The van der Waals surface area contributed by atoms with Gasteiger partial charge in [0, 0.05) is 31.0 Å². The van der Waals surface area contributed by atoms with Gasteiger partial charge in [-0.1, -0.05) is 23.8 Å². The Labute approximate surface area is 179 Å². The van der Waals surface area contributed by atoms with Crippen molar-refractivity contribution < 1.29 is 9.53 Å². The summed E-state index contributed by atoms with van der Waals surface area (Å²) in [4.78, 5) is 14.4. The van der Waals surface area contributed by atoms with Gasteiger partial charge in [0.2, 0.25) is 0 Å². The molecule has 0 fully saturated rings. The Hall–Kier alpha value is -2.60. The second-order valence-electron chi connectivity index (χ2n) is 6.85. The van der Waals surface area contributed by atoms with Gasteiger partial charge in [-0.05, 0) is 76.2 Å². The summed E-state index contributed by atoms with van der Waals surface area (Å²) in [5.41, 5.74) is 4.70. The highest BCUT2D eigenvalue weighted by Gasteiger charge is 2.13. The third kappa shape index (κ3) is 6.75. The van der Waals surface area contributed by atoms with Gasteiger partial charge in [0.15, 0.2) is 5.11 Å². The number of esters is 1. The molecule has 0 saturated heterocycles. The van der Waals surface area contributed by atoms with Crippen LogP contribution in [0.2, 0.25) is 0 Å². The Morgan fingerprint density at radius 2 is 1.83 bits per heavy atom. The molecule has 156 valence electrons. The standard InChI is InChI=1S/C23H31N3O2S/c1-5-26(19-13-11-17(3)12-14-19)16-8-15-24-23(29)25-21-10-7-9-20(18(21)4)22(27)28-6-2/h7,9-14H,5-6,8,15-16H2,1-4H3,(H2,24,25,29). The molecule has 6 heteroatoms. The Kier molecular flexibility index (Phi) is 8.93. The minimum atomic E-state index is -0.316. The van der Waals surface area contributed by atoms with Crippen LogP contribution < -0.4 is 15.5 Å². The Balaban J connectivity index is 1.83. The lowest BCUT2D eigenvalue weighted by molar-refractivity contribution is 0.0525. The summed E-state index contributed by atoms with van der Waals surface area (Å²) in [6.07, 6.45) is 0.964. The average Bonchev–Trinajstić information content (AvgIpc) is 2.71. The Bertz CT molecular complexity index is 821. The summed E-state index contributed by atoms with van der Waals surface area (Å²) >= 11 is 5.42. The zero-order chi connectivity index (χ0) is 21.2. The summed E-state index contributed by atoms with van der Waals surface area (Å²) in [5.74, 6) is -0.316. The van der Waals surface area contributed by atoms with Crippen molar-refractivity contribution in [2.45, 2.75) is 34.1 Å². The molecule has 2 aromatic rings. The van der Waals surface area contributed by atoms with Crippen LogP contribution in [0.5, 0.6) is 0 Å². The molecule has 2 rings (SSSR count). The number of anilines is 2. The second kappa shape index (κ2) is 11.4. The molecule has 0 radical (unpaired) electrons. The number of hydrogen-bond donors (Lipinski definition) is 2. The van der Waals surface area contributed by atoms with Crippen molar-refractivity contribution in [1.82, 2.24) is 5.32 Å². The zero-order valence-electron chi connectivity index (χ0n) is 17.7. The van der Waals surface area contributed by atoms with E-state index in [4.69, 9.17) is 17.0 Å².